The Labute approximate surface area is 179 Å². The first-order chi connectivity index (χ1) is 14.0. The molecule has 7 heteroatoms. The van der Waals surface area contributed by atoms with Crippen LogP contribution < -0.4 is 5.32 Å². The van der Waals surface area contributed by atoms with Gasteiger partial charge in [0.15, 0.2) is 0 Å². The quantitative estimate of drug-likeness (QED) is 0.721. The van der Waals surface area contributed by atoms with Crippen LogP contribution in [0.1, 0.15) is 72.6 Å². The third-order valence-corrected chi connectivity index (χ3v) is 7.45. The third kappa shape index (κ3) is 4.71. The monoisotopic (exact) mass is 422 g/mol. The van der Waals surface area contributed by atoms with E-state index in [9.17, 15) is 14.7 Å². The summed E-state index contributed by atoms with van der Waals surface area (Å²) in [6.07, 6.45) is 6.34. The van der Waals surface area contributed by atoms with Crippen LogP contribution in [0.2, 0.25) is 0 Å². The lowest BCUT2D eigenvalue weighted by Gasteiger charge is -2.59. The summed E-state index contributed by atoms with van der Waals surface area (Å²) < 4.78 is 11.4. The average molecular weight is 423 g/mol. The predicted molar refractivity (Wildman–Crippen MR) is 112 cm³/mol. The third-order valence-electron chi connectivity index (χ3n) is 7.45. The number of likely N-dealkylation sites (tertiary alicyclic amines) is 1. The number of alkyl carbamates (subject to hydrolysis) is 1. The molecule has 1 saturated heterocycles. The number of aliphatic hydroxyl groups excluding tert-OH is 1. The Morgan fingerprint density at radius 3 is 2.47 bits per heavy atom. The van der Waals surface area contributed by atoms with Crippen LogP contribution in [0, 0.1) is 23.2 Å². The Morgan fingerprint density at radius 1 is 1.20 bits per heavy atom. The molecule has 30 heavy (non-hydrogen) atoms. The highest BCUT2D eigenvalue weighted by atomic mass is 16.6. The van der Waals surface area contributed by atoms with Gasteiger partial charge in [-0.3, -0.25) is 0 Å². The Kier molecular flexibility index (Phi) is 5.71. The van der Waals surface area contributed by atoms with Crippen molar-refractivity contribution in [1.29, 1.82) is 0 Å². The minimum atomic E-state index is -0.536. The SMILES string of the molecule is CC(O)CC12CC3CC(C1)C(OC(=O)N1CCC(NC(=O)OC(C)(C)C)C1)C(C3)C2. The molecule has 4 atom stereocenters. The summed E-state index contributed by atoms with van der Waals surface area (Å²) in [5, 5.41) is 12.9. The lowest BCUT2D eigenvalue weighted by atomic mass is 9.47. The molecule has 1 heterocycles. The summed E-state index contributed by atoms with van der Waals surface area (Å²) in [5.41, 5.74) is -0.282. The van der Waals surface area contributed by atoms with E-state index >= 15 is 0 Å². The second kappa shape index (κ2) is 7.88. The normalized spacial score (nSPS) is 38.4. The summed E-state index contributed by atoms with van der Waals surface area (Å²) in [6, 6.07) is -0.0970. The van der Waals surface area contributed by atoms with Crippen molar-refractivity contribution in [2.75, 3.05) is 13.1 Å². The lowest BCUT2D eigenvalue weighted by molar-refractivity contribution is -0.148. The summed E-state index contributed by atoms with van der Waals surface area (Å²) in [7, 11) is 0. The number of hydrogen-bond donors (Lipinski definition) is 2. The van der Waals surface area contributed by atoms with Gasteiger partial charge in [-0.15, -0.1) is 0 Å². The van der Waals surface area contributed by atoms with Crippen molar-refractivity contribution in [3.63, 3.8) is 0 Å². The van der Waals surface area contributed by atoms with E-state index in [1.54, 1.807) is 4.90 Å². The Hall–Kier alpha value is -1.50. The first-order valence-corrected chi connectivity index (χ1v) is 11.6. The molecule has 4 saturated carbocycles. The van der Waals surface area contributed by atoms with Crippen molar-refractivity contribution >= 4 is 12.2 Å². The molecule has 4 unspecified atom stereocenters. The van der Waals surface area contributed by atoms with Gasteiger partial charge in [0.05, 0.1) is 12.1 Å². The molecule has 5 fully saturated rings. The molecule has 5 aliphatic rings. The van der Waals surface area contributed by atoms with Crippen LogP contribution in [-0.2, 0) is 9.47 Å². The average Bonchev–Trinajstić information content (AvgIpc) is 3.02. The van der Waals surface area contributed by atoms with E-state index in [-0.39, 0.29) is 29.8 Å². The van der Waals surface area contributed by atoms with E-state index in [1.165, 1.54) is 6.42 Å². The maximum Gasteiger partial charge on any atom is 0.410 e. The van der Waals surface area contributed by atoms with E-state index in [1.807, 2.05) is 27.7 Å². The molecule has 2 N–H and O–H groups in total. The number of nitrogens with zero attached hydrogens (tertiary/aromatic N) is 1. The Morgan fingerprint density at radius 2 is 1.87 bits per heavy atom. The molecule has 5 rings (SSSR count). The molecule has 4 bridgehead atoms. The van der Waals surface area contributed by atoms with Gasteiger partial charge in [-0.2, -0.15) is 0 Å². The first-order valence-electron chi connectivity index (χ1n) is 11.6. The second-order valence-electron chi connectivity index (χ2n) is 11.4. The Balaban J connectivity index is 1.30. The molecule has 0 spiro atoms. The minimum Gasteiger partial charge on any atom is -0.446 e. The molecular weight excluding hydrogens is 384 g/mol. The van der Waals surface area contributed by atoms with Crippen LogP contribution in [0.15, 0.2) is 0 Å². The standard InChI is InChI=1S/C23H38N2O5/c1-14(26)9-23-10-15-7-16(11-23)19(17(8-15)12-23)29-21(28)25-6-5-18(13-25)24-20(27)30-22(2,3)4/h14-19,26H,5-13H2,1-4H3,(H,24,27). The molecule has 0 aromatic heterocycles. The van der Waals surface area contributed by atoms with Crippen molar-refractivity contribution in [3.05, 3.63) is 0 Å². The number of ether oxygens (including phenoxy) is 2. The van der Waals surface area contributed by atoms with Crippen molar-refractivity contribution in [2.45, 2.75) is 96.5 Å². The zero-order valence-corrected chi connectivity index (χ0v) is 18.9. The van der Waals surface area contributed by atoms with Gasteiger partial charge in [0.25, 0.3) is 0 Å². The van der Waals surface area contributed by atoms with E-state index in [0.29, 0.717) is 31.3 Å². The smallest absolute Gasteiger partial charge is 0.410 e. The fourth-order valence-corrected chi connectivity index (χ4v) is 6.92. The van der Waals surface area contributed by atoms with Gasteiger partial charge in [0, 0.05) is 13.1 Å². The van der Waals surface area contributed by atoms with Crippen LogP contribution in [-0.4, -0.2) is 59.1 Å². The van der Waals surface area contributed by atoms with E-state index in [4.69, 9.17) is 9.47 Å². The van der Waals surface area contributed by atoms with Crippen molar-refractivity contribution in [1.82, 2.24) is 10.2 Å². The van der Waals surface area contributed by atoms with Crippen molar-refractivity contribution < 1.29 is 24.2 Å². The van der Waals surface area contributed by atoms with Gasteiger partial charge >= 0.3 is 12.2 Å². The summed E-state index contributed by atoms with van der Waals surface area (Å²) in [6.45, 7) is 8.46. The number of nitrogens with one attached hydrogen (secondary N) is 1. The fourth-order valence-electron chi connectivity index (χ4n) is 6.92. The van der Waals surface area contributed by atoms with Crippen LogP contribution >= 0.6 is 0 Å². The van der Waals surface area contributed by atoms with Gasteiger partial charge in [0.2, 0.25) is 0 Å². The molecule has 2 amide bonds. The summed E-state index contributed by atoms with van der Waals surface area (Å²) in [4.78, 5) is 26.6. The maximum atomic E-state index is 12.9. The molecule has 1 aliphatic heterocycles. The van der Waals surface area contributed by atoms with Crippen LogP contribution in [0.5, 0.6) is 0 Å². The minimum absolute atomic E-state index is 0.00837. The number of carbonyl (C=O) groups excluding carboxylic acids is 2. The molecular formula is C23H38N2O5. The van der Waals surface area contributed by atoms with Gasteiger partial charge in [-0.25, -0.2) is 9.59 Å². The van der Waals surface area contributed by atoms with Gasteiger partial charge in [0.1, 0.15) is 11.7 Å². The van der Waals surface area contributed by atoms with Crippen LogP contribution in [0.25, 0.3) is 0 Å². The number of hydrogen-bond acceptors (Lipinski definition) is 5. The Bertz CT molecular complexity index is 653. The topological polar surface area (TPSA) is 88.1 Å². The van der Waals surface area contributed by atoms with E-state index in [2.05, 4.69) is 5.32 Å². The maximum absolute atomic E-state index is 12.9. The van der Waals surface area contributed by atoms with Crippen LogP contribution in [0.4, 0.5) is 9.59 Å². The highest BCUT2D eigenvalue weighted by Gasteiger charge is 2.56. The first kappa shape index (κ1) is 21.7. The largest absolute Gasteiger partial charge is 0.446 e. The van der Waals surface area contributed by atoms with Gasteiger partial charge < -0.3 is 24.8 Å². The number of aliphatic hydroxyl groups is 1. The van der Waals surface area contributed by atoms with Gasteiger partial charge in [-0.05, 0) is 95.8 Å². The summed E-state index contributed by atoms with van der Waals surface area (Å²) in [5.74, 6) is 1.58. The zero-order chi connectivity index (χ0) is 21.7. The van der Waals surface area contributed by atoms with Crippen molar-refractivity contribution in [2.24, 2.45) is 23.2 Å². The molecule has 7 nitrogen and oxygen atoms in total. The lowest BCUT2D eigenvalue weighted by Crippen LogP contribution is -2.56. The molecule has 170 valence electrons. The molecule has 4 aliphatic carbocycles. The number of rotatable bonds is 4. The highest BCUT2D eigenvalue weighted by molar-refractivity contribution is 5.70. The highest BCUT2D eigenvalue weighted by Crippen LogP contribution is 2.62. The fraction of sp³-hybridized carbons (Fsp3) is 0.913. The second-order valence-corrected chi connectivity index (χ2v) is 11.4. The van der Waals surface area contributed by atoms with Gasteiger partial charge in [-0.1, -0.05) is 0 Å². The van der Waals surface area contributed by atoms with E-state index in [0.717, 1.165) is 38.0 Å². The molecule has 0 radical (unpaired) electrons. The molecule has 0 aromatic rings. The van der Waals surface area contributed by atoms with Crippen molar-refractivity contribution in [3.8, 4) is 0 Å². The van der Waals surface area contributed by atoms with Crippen LogP contribution in [0.3, 0.4) is 0 Å². The summed E-state index contributed by atoms with van der Waals surface area (Å²) >= 11 is 0. The molecule has 0 aromatic carbocycles. The predicted octanol–water partition coefficient (Wildman–Crippen LogP) is 3.69. The number of amides is 2. The van der Waals surface area contributed by atoms with E-state index < -0.39 is 11.7 Å². The zero-order valence-electron chi connectivity index (χ0n) is 18.9. The number of carbonyl (C=O) groups is 2.